The number of aliphatic carboxylic acids is 1. The van der Waals surface area contributed by atoms with E-state index in [0.717, 1.165) is 5.56 Å². The average Bonchev–Trinajstić information content (AvgIpc) is 2.31. The quantitative estimate of drug-likeness (QED) is 0.890. The summed E-state index contributed by atoms with van der Waals surface area (Å²) in [6.07, 6.45) is 0.250. The summed E-state index contributed by atoms with van der Waals surface area (Å²) in [5, 5.41) is 9.40. The van der Waals surface area contributed by atoms with E-state index in [0.29, 0.717) is 5.02 Å². The van der Waals surface area contributed by atoms with Gasteiger partial charge >= 0.3 is 5.97 Å². The second-order valence-corrected chi connectivity index (χ2v) is 4.75. The van der Waals surface area contributed by atoms with E-state index >= 15 is 0 Å². The summed E-state index contributed by atoms with van der Waals surface area (Å²) in [5.74, 6) is -1.57. The van der Waals surface area contributed by atoms with Gasteiger partial charge in [-0.2, -0.15) is 0 Å². The van der Waals surface area contributed by atoms with E-state index in [2.05, 4.69) is 0 Å². The third-order valence-corrected chi connectivity index (χ3v) is 2.92. The number of rotatable bonds is 5. The molecule has 0 heterocycles. The monoisotopic (exact) mass is 269 g/mol. The van der Waals surface area contributed by atoms with E-state index in [-0.39, 0.29) is 18.9 Å². The number of hydrogen-bond donors (Lipinski definition) is 1. The summed E-state index contributed by atoms with van der Waals surface area (Å²) in [7, 11) is 1.61. The lowest BCUT2D eigenvalue weighted by molar-refractivity contribution is -0.142. The SMILES string of the molecule is CC(CN(C)C(=O)Cc1ccc(Cl)cc1)C(=O)O. The predicted octanol–water partition coefficient (Wildman–Crippen LogP) is 2.06. The minimum absolute atomic E-state index is 0.106. The molecule has 1 aromatic rings. The van der Waals surface area contributed by atoms with Crippen molar-refractivity contribution in [3.05, 3.63) is 34.9 Å². The second kappa shape index (κ2) is 6.40. The molecule has 0 fully saturated rings. The highest BCUT2D eigenvalue weighted by atomic mass is 35.5. The zero-order valence-electron chi connectivity index (χ0n) is 10.4. The first kappa shape index (κ1) is 14.5. The highest BCUT2D eigenvalue weighted by molar-refractivity contribution is 6.30. The van der Waals surface area contributed by atoms with Crippen LogP contribution in [0.15, 0.2) is 24.3 Å². The van der Waals surface area contributed by atoms with Crippen LogP contribution in [0, 0.1) is 5.92 Å². The Morgan fingerprint density at radius 3 is 2.39 bits per heavy atom. The van der Waals surface area contributed by atoms with Crippen LogP contribution >= 0.6 is 11.6 Å². The number of hydrogen-bond acceptors (Lipinski definition) is 2. The number of nitrogens with zero attached hydrogens (tertiary/aromatic N) is 1. The Labute approximate surface area is 111 Å². The molecule has 18 heavy (non-hydrogen) atoms. The zero-order chi connectivity index (χ0) is 13.7. The number of amides is 1. The third-order valence-electron chi connectivity index (χ3n) is 2.66. The van der Waals surface area contributed by atoms with Gasteiger partial charge in [-0.1, -0.05) is 30.7 Å². The van der Waals surface area contributed by atoms with Gasteiger partial charge < -0.3 is 10.0 Å². The standard InChI is InChI=1S/C13H16ClNO3/c1-9(13(17)18)8-15(2)12(16)7-10-3-5-11(14)6-4-10/h3-6,9H,7-8H2,1-2H3,(H,17,18). The molecule has 1 unspecified atom stereocenters. The van der Waals surface area contributed by atoms with Crippen LogP contribution < -0.4 is 0 Å². The van der Waals surface area contributed by atoms with Gasteiger partial charge in [0.05, 0.1) is 12.3 Å². The summed E-state index contributed by atoms with van der Waals surface area (Å²) in [6, 6.07) is 7.03. The van der Waals surface area contributed by atoms with Crippen LogP contribution in [-0.2, 0) is 16.0 Å². The maximum absolute atomic E-state index is 11.9. The lowest BCUT2D eigenvalue weighted by atomic mass is 10.1. The Kier molecular flexibility index (Phi) is 5.16. The Balaban J connectivity index is 2.54. The highest BCUT2D eigenvalue weighted by Gasteiger charge is 2.17. The van der Waals surface area contributed by atoms with Gasteiger partial charge in [0.25, 0.3) is 0 Å². The van der Waals surface area contributed by atoms with Crippen molar-refractivity contribution in [2.24, 2.45) is 5.92 Å². The Bertz CT molecular complexity index is 430. The normalized spacial score (nSPS) is 11.9. The first-order valence-electron chi connectivity index (χ1n) is 5.61. The number of likely N-dealkylation sites (N-methyl/N-ethyl adjacent to an activating group) is 1. The van der Waals surface area contributed by atoms with Crippen LogP contribution in [0.2, 0.25) is 5.02 Å². The molecule has 0 saturated carbocycles. The minimum atomic E-state index is -0.902. The largest absolute Gasteiger partial charge is 0.481 e. The van der Waals surface area contributed by atoms with Gasteiger partial charge in [-0.3, -0.25) is 9.59 Å². The number of benzene rings is 1. The summed E-state index contributed by atoms with van der Waals surface area (Å²) < 4.78 is 0. The van der Waals surface area contributed by atoms with Gasteiger partial charge in [0.15, 0.2) is 0 Å². The smallest absolute Gasteiger partial charge is 0.308 e. The van der Waals surface area contributed by atoms with Crippen molar-refractivity contribution in [1.29, 1.82) is 0 Å². The molecular weight excluding hydrogens is 254 g/mol. The molecule has 0 spiro atoms. The molecule has 1 atom stereocenters. The molecule has 98 valence electrons. The van der Waals surface area contributed by atoms with Gasteiger partial charge in [-0.05, 0) is 17.7 Å². The molecule has 0 saturated heterocycles. The van der Waals surface area contributed by atoms with E-state index in [1.54, 1.807) is 38.2 Å². The average molecular weight is 270 g/mol. The minimum Gasteiger partial charge on any atom is -0.481 e. The molecule has 0 aliphatic rings. The number of carboxylic acids is 1. The maximum atomic E-state index is 11.9. The Morgan fingerprint density at radius 2 is 1.89 bits per heavy atom. The topological polar surface area (TPSA) is 57.6 Å². The number of halogens is 1. The molecule has 1 N–H and O–H groups in total. The van der Waals surface area contributed by atoms with E-state index < -0.39 is 11.9 Å². The Morgan fingerprint density at radius 1 is 1.33 bits per heavy atom. The fraction of sp³-hybridized carbons (Fsp3) is 0.385. The van der Waals surface area contributed by atoms with Crippen LogP contribution in [0.1, 0.15) is 12.5 Å². The van der Waals surface area contributed by atoms with E-state index in [1.807, 2.05) is 0 Å². The van der Waals surface area contributed by atoms with Crippen molar-refractivity contribution in [3.8, 4) is 0 Å². The number of carboxylic acid groups (broad SMARTS) is 1. The summed E-state index contributed by atoms with van der Waals surface area (Å²) >= 11 is 5.75. The fourth-order valence-corrected chi connectivity index (χ4v) is 1.63. The van der Waals surface area contributed by atoms with E-state index in [4.69, 9.17) is 16.7 Å². The van der Waals surface area contributed by atoms with Crippen LogP contribution in [-0.4, -0.2) is 35.5 Å². The number of carbonyl (C=O) groups excluding carboxylic acids is 1. The van der Waals surface area contributed by atoms with Crippen molar-refractivity contribution in [2.75, 3.05) is 13.6 Å². The molecule has 0 aliphatic heterocycles. The van der Waals surface area contributed by atoms with Crippen LogP contribution in [0.25, 0.3) is 0 Å². The first-order chi connectivity index (χ1) is 8.40. The van der Waals surface area contributed by atoms with Gasteiger partial charge in [-0.15, -0.1) is 0 Å². The lowest BCUT2D eigenvalue weighted by Crippen LogP contribution is -2.34. The van der Waals surface area contributed by atoms with E-state index in [9.17, 15) is 9.59 Å². The first-order valence-corrected chi connectivity index (χ1v) is 5.99. The molecular formula is C13H16ClNO3. The van der Waals surface area contributed by atoms with Gasteiger partial charge in [0, 0.05) is 18.6 Å². The maximum Gasteiger partial charge on any atom is 0.308 e. The fourth-order valence-electron chi connectivity index (χ4n) is 1.50. The van der Waals surface area contributed by atoms with Crippen LogP contribution in [0.5, 0.6) is 0 Å². The van der Waals surface area contributed by atoms with Crippen molar-refractivity contribution in [3.63, 3.8) is 0 Å². The van der Waals surface area contributed by atoms with Crippen molar-refractivity contribution in [2.45, 2.75) is 13.3 Å². The van der Waals surface area contributed by atoms with Gasteiger partial charge in [0.2, 0.25) is 5.91 Å². The third kappa shape index (κ3) is 4.37. The van der Waals surface area contributed by atoms with Crippen molar-refractivity contribution < 1.29 is 14.7 Å². The summed E-state index contributed by atoms with van der Waals surface area (Å²) in [6.45, 7) is 1.79. The predicted molar refractivity (Wildman–Crippen MR) is 69.6 cm³/mol. The zero-order valence-corrected chi connectivity index (χ0v) is 11.1. The second-order valence-electron chi connectivity index (χ2n) is 4.32. The molecule has 0 bridgehead atoms. The van der Waals surface area contributed by atoms with Crippen LogP contribution in [0.4, 0.5) is 0 Å². The van der Waals surface area contributed by atoms with Crippen molar-refractivity contribution >= 4 is 23.5 Å². The summed E-state index contributed by atoms with van der Waals surface area (Å²) in [5.41, 5.74) is 0.860. The van der Waals surface area contributed by atoms with Crippen molar-refractivity contribution in [1.82, 2.24) is 4.90 Å². The summed E-state index contributed by atoms with van der Waals surface area (Å²) in [4.78, 5) is 24.0. The molecule has 1 amide bonds. The van der Waals surface area contributed by atoms with E-state index in [1.165, 1.54) is 4.90 Å². The molecule has 1 rings (SSSR count). The number of carbonyl (C=O) groups is 2. The molecule has 1 aromatic carbocycles. The molecule has 0 aromatic heterocycles. The van der Waals surface area contributed by atoms with Crippen LogP contribution in [0.3, 0.4) is 0 Å². The lowest BCUT2D eigenvalue weighted by Gasteiger charge is -2.19. The van der Waals surface area contributed by atoms with Gasteiger partial charge in [-0.25, -0.2) is 0 Å². The molecule has 0 aliphatic carbocycles. The molecule has 0 radical (unpaired) electrons. The Hall–Kier alpha value is -1.55. The van der Waals surface area contributed by atoms with Gasteiger partial charge in [0.1, 0.15) is 0 Å². The highest BCUT2D eigenvalue weighted by Crippen LogP contribution is 2.11. The molecule has 5 heteroatoms. The molecule has 4 nitrogen and oxygen atoms in total.